The maximum atomic E-state index is 13.1. The predicted octanol–water partition coefficient (Wildman–Crippen LogP) is 3.07. The van der Waals surface area contributed by atoms with Gasteiger partial charge in [-0.15, -0.1) is 0 Å². The van der Waals surface area contributed by atoms with E-state index in [-0.39, 0.29) is 12.8 Å². The van der Waals surface area contributed by atoms with Crippen LogP contribution < -0.4 is 0 Å². The van der Waals surface area contributed by atoms with Crippen molar-refractivity contribution in [1.29, 1.82) is 0 Å². The van der Waals surface area contributed by atoms with Gasteiger partial charge in [-0.2, -0.15) is 13.2 Å². The number of nitrogens with zero attached hydrogens (tertiary/aromatic N) is 1. The van der Waals surface area contributed by atoms with Gasteiger partial charge in [0.15, 0.2) is 0 Å². The van der Waals surface area contributed by atoms with Crippen molar-refractivity contribution in [3.05, 3.63) is 0 Å². The van der Waals surface area contributed by atoms with E-state index in [0.29, 0.717) is 12.8 Å². The largest absolute Gasteiger partial charge is 0.480 e. The molecule has 122 valence electrons. The van der Waals surface area contributed by atoms with Crippen molar-refractivity contribution in [3.63, 3.8) is 0 Å². The summed E-state index contributed by atoms with van der Waals surface area (Å²) >= 11 is 0. The van der Waals surface area contributed by atoms with E-state index < -0.39 is 42.0 Å². The molecular formula is C14H22F3NO3. The molecule has 0 spiro atoms. The molecule has 1 rings (SSSR count). The molecule has 1 amide bonds. The number of hydrogen-bond donors (Lipinski definition) is 1. The van der Waals surface area contributed by atoms with E-state index in [2.05, 4.69) is 0 Å². The molecular weight excluding hydrogens is 287 g/mol. The molecule has 1 N–H and O–H groups in total. The Morgan fingerprint density at radius 3 is 2.10 bits per heavy atom. The highest BCUT2D eigenvalue weighted by molar-refractivity contribution is 5.84. The third-order valence-corrected chi connectivity index (χ3v) is 3.87. The van der Waals surface area contributed by atoms with Crippen LogP contribution in [-0.2, 0) is 9.59 Å². The second-order valence-electron chi connectivity index (χ2n) is 6.53. The normalized spacial score (nSPS) is 23.7. The fourth-order valence-corrected chi connectivity index (χ4v) is 2.80. The first-order valence-electron chi connectivity index (χ1n) is 7.04. The molecule has 1 saturated carbocycles. The van der Waals surface area contributed by atoms with Gasteiger partial charge in [0.2, 0.25) is 5.91 Å². The van der Waals surface area contributed by atoms with Gasteiger partial charge in [-0.1, -0.05) is 12.8 Å². The monoisotopic (exact) mass is 309 g/mol. The van der Waals surface area contributed by atoms with Crippen LogP contribution in [0, 0.1) is 11.8 Å². The molecule has 0 bridgehead atoms. The Labute approximate surface area is 122 Å². The lowest BCUT2D eigenvalue weighted by Gasteiger charge is -2.40. The lowest BCUT2D eigenvalue weighted by Crippen LogP contribution is -2.53. The molecule has 7 heteroatoms. The smallest absolute Gasteiger partial charge is 0.392 e. The SMILES string of the molecule is CC(C)(C)N(CC(=O)O)C(=O)C1CCCCC1C(F)(F)F. The van der Waals surface area contributed by atoms with E-state index in [9.17, 15) is 22.8 Å². The van der Waals surface area contributed by atoms with Gasteiger partial charge in [0.25, 0.3) is 0 Å². The summed E-state index contributed by atoms with van der Waals surface area (Å²) in [4.78, 5) is 24.5. The van der Waals surface area contributed by atoms with Crippen LogP contribution in [0.3, 0.4) is 0 Å². The Hall–Kier alpha value is -1.27. The molecule has 2 atom stereocenters. The quantitative estimate of drug-likeness (QED) is 0.871. The third kappa shape index (κ3) is 4.61. The summed E-state index contributed by atoms with van der Waals surface area (Å²) in [5.74, 6) is -4.76. The maximum absolute atomic E-state index is 13.1. The third-order valence-electron chi connectivity index (χ3n) is 3.87. The zero-order chi connectivity index (χ0) is 16.4. The first kappa shape index (κ1) is 17.8. The molecule has 2 unspecified atom stereocenters. The van der Waals surface area contributed by atoms with E-state index in [1.54, 1.807) is 20.8 Å². The van der Waals surface area contributed by atoms with Crippen LogP contribution in [0.25, 0.3) is 0 Å². The van der Waals surface area contributed by atoms with Crippen LogP contribution in [0.15, 0.2) is 0 Å². The van der Waals surface area contributed by atoms with Gasteiger partial charge in [0.1, 0.15) is 6.54 Å². The minimum Gasteiger partial charge on any atom is -0.480 e. The van der Waals surface area contributed by atoms with Crippen molar-refractivity contribution < 1.29 is 27.9 Å². The predicted molar refractivity (Wildman–Crippen MR) is 70.6 cm³/mol. The summed E-state index contributed by atoms with van der Waals surface area (Å²) in [7, 11) is 0. The standard InChI is InChI=1S/C14H22F3NO3/c1-13(2,3)18(8-11(19)20)12(21)9-6-4-5-7-10(9)14(15,16)17/h9-10H,4-8H2,1-3H3,(H,19,20). The molecule has 21 heavy (non-hydrogen) atoms. The maximum Gasteiger partial charge on any atom is 0.392 e. The summed E-state index contributed by atoms with van der Waals surface area (Å²) in [5.41, 5.74) is -0.830. The lowest BCUT2D eigenvalue weighted by atomic mass is 9.77. The summed E-state index contributed by atoms with van der Waals surface area (Å²) in [6.45, 7) is 4.29. The second-order valence-corrected chi connectivity index (χ2v) is 6.53. The Balaban J connectivity index is 3.02. The van der Waals surface area contributed by atoms with Crippen molar-refractivity contribution in [2.45, 2.75) is 58.2 Å². The number of carbonyl (C=O) groups excluding carboxylic acids is 1. The van der Waals surface area contributed by atoms with E-state index in [1.807, 2.05) is 0 Å². The highest BCUT2D eigenvalue weighted by Gasteiger charge is 2.50. The summed E-state index contributed by atoms with van der Waals surface area (Å²) in [6, 6.07) is 0. The molecule has 0 aromatic rings. The van der Waals surface area contributed by atoms with Crippen LogP contribution in [-0.4, -0.2) is 40.1 Å². The molecule has 0 saturated heterocycles. The first-order chi connectivity index (χ1) is 9.44. The number of carboxylic acid groups (broad SMARTS) is 1. The van der Waals surface area contributed by atoms with Crippen LogP contribution in [0.1, 0.15) is 46.5 Å². The van der Waals surface area contributed by atoms with Gasteiger partial charge in [-0.25, -0.2) is 0 Å². The minimum atomic E-state index is -4.42. The van der Waals surface area contributed by atoms with Crippen LogP contribution in [0.2, 0.25) is 0 Å². The number of halogens is 3. The molecule has 0 heterocycles. The fraction of sp³-hybridized carbons (Fsp3) is 0.857. The lowest BCUT2D eigenvalue weighted by molar-refractivity contribution is -0.202. The van der Waals surface area contributed by atoms with Crippen molar-refractivity contribution in [2.24, 2.45) is 11.8 Å². The Morgan fingerprint density at radius 1 is 1.14 bits per heavy atom. The molecule has 0 aromatic carbocycles. The summed E-state index contributed by atoms with van der Waals surface area (Å²) in [5, 5.41) is 8.90. The molecule has 0 radical (unpaired) electrons. The Morgan fingerprint density at radius 2 is 1.67 bits per heavy atom. The number of amides is 1. The highest BCUT2D eigenvalue weighted by atomic mass is 19.4. The number of carboxylic acids is 1. The molecule has 0 aromatic heterocycles. The van der Waals surface area contributed by atoms with Crippen molar-refractivity contribution in [1.82, 2.24) is 4.90 Å². The van der Waals surface area contributed by atoms with Gasteiger partial charge < -0.3 is 10.0 Å². The van der Waals surface area contributed by atoms with Crippen molar-refractivity contribution in [3.8, 4) is 0 Å². The number of hydrogen-bond acceptors (Lipinski definition) is 2. The van der Waals surface area contributed by atoms with Crippen LogP contribution in [0.5, 0.6) is 0 Å². The second kappa shape index (κ2) is 6.23. The number of aliphatic carboxylic acids is 1. The van der Waals surface area contributed by atoms with E-state index >= 15 is 0 Å². The first-order valence-corrected chi connectivity index (χ1v) is 7.04. The van der Waals surface area contributed by atoms with Gasteiger partial charge in [0, 0.05) is 11.5 Å². The van der Waals surface area contributed by atoms with E-state index in [0.717, 1.165) is 4.90 Å². The Bertz CT molecular complexity index is 401. The fourth-order valence-electron chi connectivity index (χ4n) is 2.80. The van der Waals surface area contributed by atoms with Gasteiger partial charge in [0.05, 0.1) is 5.92 Å². The number of rotatable bonds is 3. The molecule has 1 aliphatic carbocycles. The van der Waals surface area contributed by atoms with E-state index in [1.165, 1.54) is 0 Å². The van der Waals surface area contributed by atoms with Gasteiger partial charge in [-0.05, 0) is 33.6 Å². The van der Waals surface area contributed by atoms with Gasteiger partial charge in [-0.3, -0.25) is 9.59 Å². The zero-order valence-corrected chi connectivity index (χ0v) is 12.5. The highest BCUT2D eigenvalue weighted by Crippen LogP contribution is 2.42. The minimum absolute atomic E-state index is 0.0645. The topological polar surface area (TPSA) is 57.6 Å². The van der Waals surface area contributed by atoms with Crippen LogP contribution >= 0.6 is 0 Å². The molecule has 0 aliphatic heterocycles. The van der Waals surface area contributed by atoms with Crippen LogP contribution in [0.4, 0.5) is 13.2 Å². The molecule has 4 nitrogen and oxygen atoms in total. The Kier molecular flexibility index (Phi) is 5.28. The summed E-state index contributed by atoms with van der Waals surface area (Å²) < 4.78 is 39.3. The van der Waals surface area contributed by atoms with Crippen molar-refractivity contribution in [2.75, 3.05) is 6.54 Å². The summed E-state index contributed by atoms with van der Waals surface area (Å²) in [6.07, 6.45) is -3.32. The van der Waals surface area contributed by atoms with Gasteiger partial charge >= 0.3 is 12.1 Å². The van der Waals surface area contributed by atoms with E-state index in [4.69, 9.17) is 5.11 Å². The number of alkyl halides is 3. The average molecular weight is 309 g/mol. The van der Waals surface area contributed by atoms with Crippen molar-refractivity contribution >= 4 is 11.9 Å². The average Bonchev–Trinajstić information content (AvgIpc) is 2.32. The molecule has 1 fully saturated rings. The molecule has 1 aliphatic rings. The zero-order valence-electron chi connectivity index (χ0n) is 12.5. The number of carbonyl (C=O) groups is 2.